The van der Waals surface area contributed by atoms with Crippen molar-refractivity contribution in [3.8, 4) is 0 Å². The van der Waals surface area contributed by atoms with E-state index in [0.717, 1.165) is 31.6 Å². The zero-order valence-electron chi connectivity index (χ0n) is 10.4. The van der Waals surface area contributed by atoms with Crippen LogP contribution in [0.2, 0.25) is 0 Å². The van der Waals surface area contributed by atoms with Crippen LogP contribution in [0.5, 0.6) is 0 Å². The first-order chi connectivity index (χ1) is 8.84. The van der Waals surface area contributed by atoms with Crippen LogP contribution in [-0.4, -0.2) is 33.6 Å². The Morgan fingerprint density at radius 1 is 1.42 bits per heavy atom. The van der Waals surface area contributed by atoms with Gasteiger partial charge in [-0.05, 0) is 25.5 Å². The topological polar surface area (TPSA) is 71.3 Å². The number of hydrogen-bond acceptors (Lipinski definition) is 4. The van der Waals surface area contributed by atoms with Gasteiger partial charge in [0, 0.05) is 18.8 Å². The smallest absolute Gasteiger partial charge is 0.229 e. The van der Waals surface area contributed by atoms with Crippen LogP contribution < -0.4 is 10.6 Å². The molecule has 102 valence electrons. The van der Waals surface area contributed by atoms with Gasteiger partial charge in [0.25, 0.3) is 0 Å². The maximum Gasteiger partial charge on any atom is 0.229 e. The first-order valence-electron chi connectivity index (χ1n) is 6.15. The molecule has 0 bridgehead atoms. The highest BCUT2D eigenvalue weighted by atomic mass is 35.5. The molecule has 19 heavy (non-hydrogen) atoms. The Balaban J connectivity index is 0.00000133. The summed E-state index contributed by atoms with van der Waals surface area (Å²) in [5.41, 5.74) is 0.731. The first kappa shape index (κ1) is 13.8. The minimum Gasteiger partial charge on any atom is -0.316 e. The van der Waals surface area contributed by atoms with Crippen LogP contribution in [0.4, 0.5) is 5.82 Å². The number of carbonyl (C=O) groups excluding carboxylic acids is 1. The molecule has 1 unspecified atom stereocenters. The quantitative estimate of drug-likeness (QED) is 0.864. The third kappa shape index (κ3) is 2.85. The van der Waals surface area contributed by atoms with E-state index in [4.69, 9.17) is 0 Å². The van der Waals surface area contributed by atoms with Crippen LogP contribution in [0.1, 0.15) is 12.8 Å². The second-order valence-corrected chi connectivity index (χ2v) is 4.46. The summed E-state index contributed by atoms with van der Waals surface area (Å²) < 4.78 is 1.63. The number of fused-ring (bicyclic) bond motifs is 1. The lowest BCUT2D eigenvalue weighted by molar-refractivity contribution is -0.120. The van der Waals surface area contributed by atoms with Crippen molar-refractivity contribution in [1.82, 2.24) is 19.9 Å². The second kappa shape index (κ2) is 5.99. The van der Waals surface area contributed by atoms with Crippen molar-refractivity contribution in [2.45, 2.75) is 12.8 Å². The van der Waals surface area contributed by atoms with Gasteiger partial charge in [-0.25, -0.2) is 4.98 Å². The maximum atomic E-state index is 12.1. The lowest BCUT2D eigenvalue weighted by Gasteiger charge is -2.21. The zero-order chi connectivity index (χ0) is 12.4. The van der Waals surface area contributed by atoms with Crippen molar-refractivity contribution in [3.05, 3.63) is 24.5 Å². The van der Waals surface area contributed by atoms with E-state index >= 15 is 0 Å². The number of anilines is 1. The van der Waals surface area contributed by atoms with E-state index in [2.05, 4.69) is 20.7 Å². The normalized spacial score (nSPS) is 18.8. The van der Waals surface area contributed by atoms with E-state index in [-0.39, 0.29) is 24.2 Å². The summed E-state index contributed by atoms with van der Waals surface area (Å²) in [7, 11) is 0. The maximum absolute atomic E-state index is 12.1. The van der Waals surface area contributed by atoms with Crippen LogP contribution in [0.3, 0.4) is 0 Å². The zero-order valence-corrected chi connectivity index (χ0v) is 11.2. The third-order valence-corrected chi connectivity index (χ3v) is 3.21. The van der Waals surface area contributed by atoms with Crippen molar-refractivity contribution in [2.24, 2.45) is 5.92 Å². The van der Waals surface area contributed by atoms with Gasteiger partial charge >= 0.3 is 0 Å². The molecule has 1 aliphatic heterocycles. The Morgan fingerprint density at radius 3 is 3.11 bits per heavy atom. The molecule has 0 spiro atoms. The number of nitrogens with one attached hydrogen (secondary N) is 2. The summed E-state index contributed by atoms with van der Waals surface area (Å²) in [5.74, 6) is 0.753. The van der Waals surface area contributed by atoms with Crippen LogP contribution >= 0.6 is 12.4 Å². The summed E-state index contributed by atoms with van der Waals surface area (Å²) in [6, 6.07) is 3.56. The number of halogens is 1. The largest absolute Gasteiger partial charge is 0.316 e. The van der Waals surface area contributed by atoms with Gasteiger partial charge in [0.2, 0.25) is 5.91 Å². The molecule has 1 aliphatic rings. The van der Waals surface area contributed by atoms with Gasteiger partial charge in [0.15, 0.2) is 5.65 Å². The number of hydrogen-bond donors (Lipinski definition) is 2. The number of piperidine rings is 1. The number of nitrogens with zero attached hydrogens (tertiary/aromatic N) is 3. The van der Waals surface area contributed by atoms with Gasteiger partial charge in [-0.2, -0.15) is 9.61 Å². The lowest BCUT2D eigenvalue weighted by Crippen LogP contribution is -2.37. The molecule has 0 radical (unpaired) electrons. The molecule has 1 fully saturated rings. The lowest BCUT2D eigenvalue weighted by atomic mass is 9.99. The highest BCUT2D eigenvalue weighted by Gasteiger charge is 2.21. The minimum atomic E-state index is 0. The molecule has 0 aliphatic carbocycles. The molecule has 1 atom stereocenters. The molecule has 2 aromatic heterocycles. The van der Waals surface area contributed by atoms with E-state index in [9.17, 15) is 4.79 Å². The van der Waals surface area contributed by atoms with E-state index in [1.807, 2.05) is 0 Å². The van der Waals surface area contributed by atoms with Crippen molar-refractivity contribution in [3.63, 3.8) is 0 Å². The molecule has 1 saturated heterocycles. The SMILES string of the molecule is Cl.O=C(Nc1ccnc2ccnn12)C1CCCNC1. The summed E-state index contributed by atoms with van der Waals surface area (Å²) in [5, 5.41) is 10.3. The molecule has 2 N–H and O–H groups in total. The van der Waals surface area contributed by atoms with E-state index in [1.54, 1.807) is 29.0 Å². The number of rotatable bonds is 2. The van der Waals surface area contributed by atoms with E-state index in [1.165, 1.54) is 0 Å². The van der Waals surface area contributed by atoms with Crippen molar-refractivity contribution in [2.75, 3.05) is 18.4 Å². The highest BCUT2D eigenvalue weighted by Crippen LogP contribution is 2.14. The monoisotopic (exact) mass is 281 g/mol. The molecule has 3 heterocycles. The molecule has 1 amide bonds. The Kier molecular flexibility index (Phi) is 4.34. The van der Waals surface area contributed by atoms with Gasteiger partial charge in [-0.15, -0.1) is 12.4 Å². The molecule has 2 aromatic rings. The molecular formula is C12H16ClN5O. The number of aromatic nitrogens is 3. The summed E-state index contributed by atoms with van der Waals surface area (Å²) >= 11 is 0. The van der Waals surface area contributed by atoms with Crippen molar-refractivity contribution in [1.29, 1.82) is 0 Å². The Labute approximate surface area is 117 Å². The average Bonchev–Trinajstić information content (AvgIpc) is 2.89. The van der Waals surface area contributed by atoms with E-state index in [0.29, 0.717) is 5.82 Å². The third-order valence-electron chi connectivity index (χ3n) is 3.21. The Hall–Kier alpha value is -1.66. The Morgan fingerprint density at radius 2 is 2.32 bits per heavy atom. The fourth-order valence-corrected chi connectivity index (χ4v) is 2.23. The molecule has 3 rings (SSSR count). The molecule has 6 nitrogen and oxygen atoms in total. The predicted molar refractivity (Wildman–Crippen MR) is 74.5 cm³/mol. The Bertz CT molecular complexity index is 564. The summed E-state index contributed by atoms with van der Waals surface area (Å²) in [6.45, 7) is 1.75. The summed E-state index contributed by atoms with van der Waals surface area (Å²) in [4.78, 5) is 16.3. The predicted octanol–water partition coefficient (Wildman–Crippen LogP) is 1.09. The van der Waals surface area contributed by atoms with Crippen LogP contribution in [0.25, 0.3) is 5.65 Å². The van der Waals surface area contributed by atoms with Crippen LogP contribution in [0.15, 0.2) is 24.5 Å². The van der Waals surface area contributed by atoms with Gasteiger partial charge in [-0.1, -0.05) is 0 Å². The first-order valence-corrected chi connectivity index (χ1v) is 6.15. The van der Waals surface area contributed by atoms with Crippen LogP contribution in [-0.2, 0) is 4.79 Å². The molecular weight excluding hydrogens is 266 g/mol. The van der Waals surface area contributed by atoms with Gasteiger partial charge in [0.05, 0.1) is 12.1 Å². The van der Waals surface area contributed by atoms with Gasteiger partial charge in [0.1, 0.15) is 5.82 Å². The van der Waals surface area contributed by atoms with Gasteiger partial charge in [-0.3, -0.25) is 4.79 Å². The number of amides is 1. The standard InChI is InChI=1S/C12H15N5O.ClH/c18-12(9-2-1-5-13-8-9)16-11-3-6-14-10-4-7-15-17(10)11;/h3-4,6-7,9,13H,1-2,5,8H2,(H,16,18);1H. The number of carbonyl (C=O) groups is 1. The molecule has 0 saturated carbocycles. The molecule has 7 heteroatoms. The second-order valence-electron chi connectivity index (χ2n) is 4.46. The average molecular weight is 282 g/mol. The fraction of sp³-hybridized carbons (Fsp3) is 0.417. The van der Waals surface area contributed by atoms with Crippen LogP contribution in [0, 0.1) is 5.92 Å². The van der Waals surface area contributed by atoms with Crippen molar-refractivity contribution >= 4 is 29.8 Å². The highest BCUT2D eigenvalue weighted by molar-refractivity contribution is 5.92. The minimum absolute atomic E-state index is 0. The van der Waals surface area contributed by atoms with Crippen molar-refractivity contribution < 1.29 is 4.79 Å². The van der Waals surface area contributed by atoms with Gasteiger partial charge < -0.3 is 10.6 Å². The molecule has 0 aromatic carbocycles. The summed E-state index contributed by atoms with van der Waals surface area (Å²) in [6.07, 6.45) is 5.32. The van der Waals surface area contributed by atoms with E-state index < -0.39 is 0 Å². The fourth-order valence-electron chi connectivity index (χ4n) is 2.23.